The van der Waals surface area contributed by atoms with Crippen molar-refractivity contribution in [3.8, 4) is 0 Å². The number of thiophene rings is 1. The van der Waals surface area contributed by atoms with Gasteiger partial charge in [-0.1, -0.05) is 0 Å². The standard InChI is InChI=1S/C13H21BrN2OS/c1-13(2,3)15-6-5-12(17)16(4)8-10-7-11(14)18-9-10/h7,9,15H,5-6,8H2,1-4H3. The van der Waals surface area contributed by atoms with Crippen molar-refractivity contribution in [3.05, 3.63) is 20.8 Å². The number of carbonyl (C=O) groups is 1. The van der Waals surface area contributed by atoms with E-state index in [1.54, 1.807) is 16.2 Å². The van der Waals surface area contributed by atoms with E-state index in [0.717, 1.165) is 10.3 Å². The van der Waals surface area contributed by atoms with Crippen LogP contribution in [0.15, 0.2) is 15.2 Å². The van der Waals surface area contributed by atoms with Gasteiger partial charge in [0.05, 0.1) is 3.79 Å². The van der Waals surface area contributed by atoms with Crippen molar-refractivity contribution in [1.29, 1.82) is 0 Å². The molecule has 0 unspecified atom stereocenters. The fourth-order valence-corrected chi connectivity index (χ4v) is 2.73. The third-order valence-corrected chi connectivity index (χ3v) is 4.01. The molecule has 0 aliphatic carbocycles. The van der Waals surface area contributed by atoms with E-state index in [4.69, 9.17) is 0 Å². The Kier molecular flexibility index (Phi) is 5.82. The summed E-state index contributed by atoms with van der Waals surface area (Å²) in [6, 6.07) is 2.06. The lowest BCUT2D eigenvalue weighted by Gasteiger charge is -2.22. The maximum absolute atomic E-state index is 11.9. The number of rotatable bonds is 5. The van der Waals surface area contributed by atoms with Crippen LogP contribution in [0.25, 0.3) is 0 Å². The minimum atomic E-state index is 0.0665. The topological polar surface area (TPSA) is 32.3 Å². The highest BCUT2D eigenvalue weighted by atomic mass is 79.9. The van der Waals surface area contributed by atoms with Crippen LogP contribution in [0.5, 0.6) is 0 Å². The van der Waals surface area contributed by atoms with Gasteiger partial charge in [-0.25, -0.2) is 0 Å². The van der Waals surface area contributed by atoms with Gasteiger partial charge >= 0.3 is 0 Å². The summed E-state index contributed by atoms with van der Waals surface area (Å²) in [5.41, 5.74) is 1.24. The molecule has 1 heterocycles. The molecule has 102 valence electrons. The third kappa shape index (κ3) is 5.98. The molecule has 18 heavy (non-hydrogen) atoms. The van der Waals surface area contributed by atoms with E-state index in [-0.39, 0.29) is 11.4 Å². The van der Waals surface area contributed by atoms with Gasteiger partial charge in [0.1, 0.15) is 0 Å². The van der Waals surface area contributed by atoms with E-state index < -0.39 is 0 Å². The van der Waals surface area contributed by atoms with Gasteiger partial charge in [0.25, 0.3) is 0 Å². The summed E-state index contributed by atoms with van der Waals surface area (Å²) >= 11 is 5.07. The van der Waals surface area contributed by atoms with Gasteiger partial charge in [-0.3, -0.25) is 4.79 Å². The van der Waals surface area contributed by atoms with Crippen molar-refractivity contribution >= 4 is 33.2 Å². The summed E-state index contributed by atoms with van der Waals surface area (Å²) in [4.78, 5) is 13.7. The number of carbonyl (C=O) groups excluding carboxylic acids is 1. The molecule has 1 aromatic heterocycles. The van der Waals surface area contributed by atoms with Crippen molar-refractivity contribution in [1.82, 2.24) is 10.2 Å². The first-order chi connectivity index (χ1) is 8.28. The smallest absolute Gasteiger partial charge is 0.223 e. The number of halogens is 1. The van der Waals surface area contributed by atoms with Crippen LogP contribution < -0.4 is 5.32 Å². The Hall–Kier alpha value is -0.390. The molecule has 0 aliphatic rings. The predicted molar refractivity (Wildman–Crippen MR) is 80.9 cm³/mol. The maximum Gasteiger partial charge on any atom is 0.223 e. The van der Waals surface area contributed by atoms with Crippen LogP contribution in [-0.4, -0.2) is 29.9 Å². The highest BCUT2D eigenvalue weighted by Crippen LogP contribution is 2.21. The summed E-state index contributed by atoms with van der Waals surface area (Å²) in [7, 11) is 1.85. The van der Waals surface area contributed by atoms with Gasteiger partial charge in [0.2, 0.25) is 5.91 Å². The van der Waals surface area contributed by atoms with Gasteiger partial charge in [0.15, 0.2) is 0 Å². The van der Waals surface area contributed by atoms with Gasteiger partial charge in [-0.05, 0) is 53.7 Å². The zero-order valence-corrected chi connectivity index (χ0v) is 13.8. The Morgan fingerprint density at radius 3 is 2.67 bits per heavy atom. The lowest BCUT2D eigenvalue weighted by Crippen LogP contribution is -2.38. The molecule has 0 saturated carbocycles. The van der Waals surface area contributed by atoms with Crippen LogP contribution in [0, 0.1) is 0 Å². The molecule has 5 heteroatoms. The normalized spacial score (nSPS) is 11.6. The minimum Gasteiger partial charge on any atom is -0.341 e. The summed E-state index contributed by atoms with van der Waals surface area (Å²) in [5.74, 6) is 0.175. The molecular formula is C13H21BrN2OS. The molecule has 0 bridgehead atoms. The molecule has 3 nitrogen and oxygen atoms in total. The van der Waals surface area contributed by atoms with Crippen molar-refractivity contribution in [2.45, 2.75) is 39.3 Å². The minimum absolute atomic E-state index is 0.0665. The Balaban J connectivity index is 2.33. The first-order valence-electron chi connectivity index (χ1n) is 6.00. The van der Waals surface area contributed by atoms with Crippen LogP contribution in [0.4, 0.5) is 0 Å². The van der Waals surface area contributed by atoms with Gasteiger partial charge in [-0.2, -0.15) is 0 Å². The van der Waals surface area contributed by atoms with Crippen LogP contribution in [0.2, 0.25) is 0 Å². The highest BCUT2D eigenvalue weighted by Gasteiger charge is 2.12. The Morgan fingerprint density at radius 1 is 1.50 bits per heavy atom. The van der Waals surface area contributed by atoms with Crippen molar-refractivity contribution in [3.63, 3.8) is 0 Å². The quantitative estimate of drug-likeness (QED) is 0.897. The molecule has 1 aromatic rings. The number of nitrogens with one attached hydrogen (secondary N) is 1. The number of hydrogen-bond acceptors (Lipinski definition) is 3. The van der Waals surface area contributed by atoms with E-state index in [2.05, 4.69) is 53.5 Å². The Labute approximate surface area is 122 Å². The number of amides is 1. The van der Waals surface area contributed by atoms with Crippen molar-refractivity contribution < 1.29 is 4.79 Å². The summed E-state index contributed by atoms with van der Waals surface area (Å²) in [5, 5.41) is 5.39. The first-order valence-corrected chi connectivity index (χ1v) is 7.67. The summed E-state index contributed by atoms with van der Waals surface area (Å²) in [6.45, 7) is 7.70. The largest absolute Gasteiger partial charge is 0.341 e. The second-order valence-electron chi connectivity index (χ2n) is 5.44. The summed E-state index contributed by atoms with van der Waals surface area (Å²) < 4.78 is 1.10. The molecule has 1 rings (SSSR count). The van der Waals surface area contributed by atoms with Crippen molar-refractivity contribution in [2.75, 3.05) is 13.6 Å². The molecule has 0 fully saturated rings. The highest BCUT2D eigenvalue weighted by molar-refractivity contribution is 9.11. The Morgan fingerprint density at radius 2 is 2.17 bits per heavy atom. The van der Waals surface area contributed by atoms with Crippen LogP contribution in [0.3, 0.4) is 0 Å². The monoisotopic (exact) mass is 332 g/mol. The van der Waals surface area contributed by atoms with Gasteiger partial charge < -0.3 is 10.2 Å². The molecule has 0 aromatic carbocycles. The molecular weight excluding hydrogens is 312 g/mol. The molecule has 1 amide bonds. The predicted octanol–water partition coefficient (Wildman–Crippen LogP) is 3.25. The number of hydrogen-bond donors (Lipinski definition) is 1. The molecule has 1 N–H and O–H groups in total. The van der Waals surface area contributed by atoms with Gasteiger partial charge in [-0.15, -0.1) is 11.3 Å². The van der Waals surface area contributed by atoms with Gasteiger partial charge in [0, 0.05) is 32.1 Å². The maximum atomic E-state index is 11.9. The zero-order valence-electron chi connectivity index (χ0n) is 11.4. The van der Waals surface area contributed by atoms with E-state index in [0.29, 0.717) is 13.0 Å². The number of nitrogens with zero attached hydrogens (tertiary/aromatic N) is 1. The van der Waals surface area contributed by atoms with Crippen LogP contribution >= 0.6 is 27.3 Å². The second-order valence-corrected chi connectivity index (χ2v) is 7.73. The SMILES string of the molecule is CN(Cc1csc(Br)c1)C(=O)CCNC(C)(C)C. The van der Waals surface area contributed by atoms with E-state index in [9.17, 15) is 4.79 Å². The van der Waals surface area contributed by atoms with E-state index in [1.165, 1.54) is 5.56 Å². The fourth-order valence-electron chi connectivity index (χ4n) is 1.53. The van der Waals surface area contributed by atoms with Crippen LogP contribution in [0.1, 0.15) is 32.8 Å². The first kappa shape index (κ1) is 15.7. The third-order valence-electron chi connectivity index (χ3n) is 2.46. The molecule has 0 saturated heterocycles. The Bertz CT molecular complexity index is 398. The average molecular weight is 333 g/mol. The molecule has 0 spiro atoms. The average Bonchev–Trinajstić information content (AvgIpc) is 2.61. The lowest BCUT2D eigenvalue weighted by molar-refractivity contribution is -0.130. The second kappa shape index (κ2) is 6.68. The van der Waals surface area contributed by atoms with Crippen molar-refractivity contribution in [2.24, 2.45) is 0 Å². The molecule has 0 aliphatic heterocycles. The van der Waals surface area contributed by atoms with Crippen LogP contribution in [-0.2, 0) is 11.3 Å². The zero-order chi connectivity index (χ0) is 13.8. The fraction of sp³-hybridized carbons (Fsp3) is 0.615. The molecule has 0 atom stereocenters. The lowest BCUT2D eigenvalue weighted by atomic mass is 10.1. The molecule has 0 radical (unpaired) electrons. The summed E-state index contributed by atoms with van der Waals surface area (Å²) in [6.07, 6.45) is 0.541. The van der Waals surface area contributed by atoms with E-state index >= 15 is 0 Å². The van der Waals surface area contributed by atoms with E-state index in [1.807, 2.05) is 7.05 Å².